The lowest BCUT2D eigenvalue weighted by atomic mass is 10.1. The van der Waals surface area contributed by atoms with Crippen LogP contribution in [0.2, 0.25) is 0 Å². The molecule has 0 unspecified atom stereocenters. The van der Waals surface area contributed by atoms with Crippen LogP contribution >= 0.6 is 15.9 Å². The first-order valence-electron chi connectivity index (χ1n) is 6.33. The molecule has 2 aromatic carbocycles. The van der Waals surface area contributed by atoms with Crippen LogP contribution in [0.3, 0.4) is 0 Å². The molecule has 0 spiro atoms. The van der Waals surface area contributed by atoms with E-state index in [0.29, 0.717) is 12.2 Å². The molecule has 2 aromatic rings. The molecule has 0 radical (unpaired) electrons. The number of hydrogen-bond donors (Lipinski definition) is 1. The molecule has 5 heteroatoms. The predicted molar refractivity (Wildman–Crippen MR) is 82.2 cm³/mol. The Morgan fingerprint density at radius 1 is 1.19 bits per heavy atom. The minimum Gasteiger partial charge on any atom is -0.489 e. The van der Waals surface area contributed by atoms with E-state index >= 15 is 0 Å². The first kappa shape index (κ1) is 15.5. The van der Waals surface area contributed by atoms with Gasteiger partial charge in [0, 0.05) is 10.0 Å². The minimum atomic E-state index is -0.372. The number of aliphatic hydroxyl groups is 1. The van der Waals surface area contributed by atoms with E-state index < -0.39 is 0 Å². The SMILES string of the molecule is COC(=O)c1ccc(COc2ccc(CO)cc2)c(Br)c1. The van der Waals surface area contributed by atoms with Gasteiger partial charge in [-0.15, -0.1) is 0 Å². The van der Waals surface area contributed by atoms with Crippen molar-refractivity contribution in [1.82, 2.24) is 0 Å². The lowest BCUT2D eigenvalue weighted by Crippen LogP contribution is -2.03. The van der Waals surface area contributed by atoms with Crippen LogP contribution in [0.25, 0.3) is 0 Å². The topological polar surface area (TPSA) is 55.8 Å². The third kappa shape index (κ3) is 4.06. The molecule has 110 valence electrons. The maximum Gasteiger partial charge on any atom is 0.337 e. The summed E-state index contributed by atoms with van der Waals surface area (Å²) in [6.07, 6.45) is 0. The molecular weight excluding hydrogens is 336 g/mol. The van der Waals surface area contributed by atoms with Crippen molar-refractivity contribution in [1.29, 1.82) is 0 Å². The van der Waals surface area contributed by atoms with Crippen LogP contribution in [-0.2, 0) is 18.0 Å². The van der Waals surface area contributed by atoms with Crippen molar-refractivity contribution < 1.29 is 19.4 Å². The lowest BCUT2D eigenvalue weighted by Gasteiger charge is -2.09. The number of ether oxygens (including phenoxy) is 2. The maximum atomic E-state index is 11.4. The van der Waals surface area contributed by atoms with Gasteiger partial charge in [0.2, 0.25) is 0 Å². The summed E-state index contributed by atoms with van der Waals surface area (Å²) in [5.74, 6) is 0.346. The van der Waals surface area contributed by atoms with Crippen LogP contribution < -0.4 is 4.74 Å². The van der Waals surface area contributed by atoms with Gasteiger partial charge in [-0.1, -0.05) is 34.1 Å². The number of halogens is 1. The van der Waals surface area contributed by atoms with Crippen LogP contribution in [0.15, 0.2) is 46.9 Å². The standard InChI is InChI=1S/C16H15BrO4/c1-20-16(19)12-4-5-13(15(17)8-12)10-21-14-6-2-11(9-18)3-7-14/h2-8,18H,9-10H2,1H3. The highest BCUT2D eigenvalue weighted by Crippen LogP contribution is 2.21. The van der Waals surface area contributed by atoms with Gasteiger partial charge in [-0.3, -0.25) is 0 Å². The summed E-state index contributed by atoms with van der Waals surface area (Å²) in [6, 6.07) is 12.5. The van der Waals surface area contributed by atoms with Crippen molar-refractivity contribution in [2.24, 2.45) is 0 Å². The van der Waals surface area contributed by atoms with Gasteiger partial charge in [-0.05, 0) is 29.8 Å². The summed E-state index contributed by atoms with van der Waals surface area (Å²) in [7, 11) is 1.35. The Bertz CT molecular complexity index is 623. The average molecular weight is 351 g/mol. The van der Waals surface area contributed by atoms with Crippen molar-refractivity contribution in [3.05, 3.63) is 63.6 Å². The molecule has 1 N–H and O–H groups in total. The number of hydrogen-bond acceptors (Lipinski definition) is 4. The molecule has 0 aliphatic carbocycles. The van der Waals surface area contributed by atoms with E-state index in [4.69, 9.17) is 9.84 Å². The monoisotopic (exact) mass is 350 g/mol. The Kier molecular flexibility index (Phi) is 5.36. The third-order valence-corrected chi connectivity index (χ3v) is 3.71. The highest BCUT2D eigenvalue weighted by atomic mass is 79.9. The molecular formula is C16H15BrO4. The summed E-state index contributed by atoms with van der Waals surface area (Å²) in [5, 5.41) is 8.98. The fourth-order valence-electron chi connectivity index (χ4n) is 1.76. The quantitative estimate of drug-likeness (QED) is 0.840. The summed E-state index contributed by atoms with van der Waals surface area (Å²) in [5.41, 5.74) is 2.25. The highest BCUT2D eigenvalue weighted by Gasteiger charge is 2.08. The zero-order valence-corrected chi connectivity index (χ0v) is 13.1. The molecule has 0 heterocycles. The summed E-state index contributed by atoms with van der Waals surface area (Å²) < 4.78 is 11.1. The molecule has 0 aliphatic heterocycles. The molecule has 0 saturated carbocycles. The van der Waals surface area contributed by atoms with E-state index in [2.05, 4.69) is 20.7 Å². The molecule has 0 bridgehead atoms. The summed E-state index contributed by atoms with van der Waals surface area (Å²) >= 11 is 3.42. The van der Waals surface area contributed by atoms with Gasteiger partial charge in [0.15, 0.2) is 0 Å². The first-order valence-corrected chi connectivity index (χ1v) is 7.12. The second-order valence-corrected chi connectivity index (χ2v) is 5.24. The van der Waals surface area contributed by atoms with E-state index in [1.165, 1.54) is 7.11 Å². The molecule has 0 aromatic heterocycles. The Morgan fingerprint density at radius 2 is 1.90 bits per heavy atom. The van der Waals surface area contributed by atoms with Crippen molar-refractivity contribution in [2.75, 3.05) is 7.11 Å². The van der Waals surface area contributed by atoms with Gasteiger partial charge in [-0.2, -0.15) is 0 Å². The molecule has 0 amide bonds. The van der Waals surface area contributed by atoms with E-state index in [0.717, 1.165) is 21.3 Å². The average Bonchev–Trinajstić information content (AvgIpc) is 2.53. The normalized spacial score (nSPS) is 10.2. The van der Waals surface area contributed by atoms with E-state index in [1.807, 2.05) is 30.3 Å². The number of rotatable bonds is 5. The van der Waals surface area contributed by atoms with Crippen LogP contribution in [0.4, 0.5) is 0 Å². The van der Waals surface area contributed by atoms with E-state index in [9.17, 15) is 4.79 Å². The van der Waals surface area contributed by atoms with Gasteiger partial charge in [-0.25, -0.2) is 4.79 Å². The fraction of sp³-hybridized carbons (Fsp3) is 0.188. The van der Waals surface area contributed by atoms with Gasteiger partial charge in [0.25, 0.3) is 0 Å². The highest BCUT2D eigenvalue weighted by molar-refractivity contribution is 9.10. The molecule has 4 nitrogen and oxygen atoms in total. The van der Waals surface area contributed by atoms with Gasteiger partial charge in [0.05, 0.1) is 19.3 Å². The minimum absolute atomic E-state index is 0.0147. The summed E-state index contributed by atoms with van der Waals surface area (Å²) in [6.45, 7) is 0.390. The second-order valence-electron chi connectivity index (χ2n) is 4.39. The summed E-state index contributed by atoms with van der Waals surface area (Å²) in [4.78, 5) is 11.4. The van der Waals surface area contributed by atoms with Gasteiger partial charge in [0.1, 0.15) is 12.4 Å². The third-order valence-electron chi connectivity index (χ3n) is 2.97. The van der Waals surface area contributed by atoms with Crippen LogP contribution in [0.5, 0.6) is 5.75 Å². The molecule has 21 heavy (non-hydrogen) atoms. The zero-order chi connectivity index (χ0) is 15.2. The molecule has 0 saturated heterocycles. The van der Waals surface area contributed by atoms with Crippen molar-refractivity contribution in [3.63, 3.8) is 0 Å². The first-order chi connectivity index (χ1) is 10.1. The lowest BCUT2D eigenvalue weighted by molar-refractivity contribution is 0.0600. The Balaban J connectivity index is 2.04. The Labute approximate surface area is 131 Å². The van der Waals surface area contributed by atoms with Crippen LogP contribution in [-0.4, -0.2) is 18.2 Å². The smallest absolute Gasteiger partial charge is 0.337 e. The zero-order valence-electron chi connectivity index (χ0n) is 11.5. The number of aliphatic hydroxyl groups excluding tert-OH is 1. The van der Waals surface area contributed by atoms with Crippen LogP contribution in [0, 0.1) is 0 Å². The van der Waals surface area contributed by atoms with Crippen LogP contribution in [0.1, 0.15) is 21.5 Å². The van der Waals surface area contributed by atoms with E-state index in [1.54, 1.807) is 12.1 Å². The molecule has 2 rings (SSSR count). The number of methoxy groups -OCH3 is 1. The van der Waals surface area contributed by atoms with Crippen molar-refractivity contribution in [3.8, 4) is 5.75 Å². The molecule has 0 aliphatic rings. The number of benzene rings is 2. The predicted octanol–water partition coefficient (Wildman–Crippen LogP) is 3.31. The number of carbonyl (C=O) groups excluding carboxylic acids is 1. The molecule has 0 atom stereocenters. The van der Waals surface area contributed by atoms with E-state index in [-0.39, 0.29) is 12.6 Å². The Hall–Kier alpha value is -1.85. The second kappa shape index (κ2) is 7.24. The maximum absolute atomic E-state index is 11.4. The van der Waals surface area contributed by atoms with Gasteiger partial charge >= 0.3 is 5.97 Å². The fourth-order valence-corrected chi connectivity index (χ4v) is 2.25. The largest absolute Gasteiger partial charge is 0.489 e. The van der Waals surface area contributed by atoms with Crippen molar-refractivity contribution >= 4 is 21.9 Å². The molecule has 0 fully saturated rings. The number of esters is 1. The van der Waals surface area contributed by atoms with Crippen molar-refractivity contribution in [2.45, 2.75) is 13.2 Å². The Morgan fingerprint density at radius 3 is 2.48 bits per heavy atom. The van der Waals surface area contributed by atoms with Gasteiger partial charge < -0.3 is 14.6 Å². The number of carbonyl (C=O) groups is 1.